The van der Waals surface area contributed by atoms with E-state index in [4.69, 9.17) is 0 Å². The van der Waals surface area contributed by atoms with E-state index >= 15 is 0 Å². The lowest BCUT2D eigenvalue weighted by atomic mass is 9.96. The smallest absolute Gasteiger partial charge is 0.0834 e. The molecule has 0 bridgehead atoms. The molecule has 0 fully saturated rings. The SMILES string of the molecule is CCCC#CC(C#CCCC(C)C)C(C)C. The molecule has 1 unspecified atom stereocenters. The summed E-state index contributed by atoms with van der Waals surface area (Å²) in [6, 6.07) is 0. The van der Waals surface area contributed by atoms with Crippen LogP contribution in [0.25, 0.3) is 0 Å². The van der Waals surface area contributed by atoms with Crippen molar-refractivity contribution in [2.75, 3.05) is 0 Å². The van der Waals surface area contributed by atoms with Gasteiger partial charge in [-0.3, -0.25) is 0 Å². The van der Waals surface area contributed by atoms with E-state index in [2.05, 4.69) is 58.3 Å². The molecular weight excluding hydrogens is 192 g/mol. The fourth-order valence-electron chi connectivity index (χ4n) is 1.22. The second-order valence-corrected chi connectivity index (χ2v) is 5.05. The molecule has 0 aromatic heterocycles. The van der Waals surface area contributed by atoms with Gasteiger partial charge in [-0.15, -0.1) is 11.8 Å². The number of hydrogen-bond donors (Lipinski definition) is 0. The second kappa shape index (κ2) is 9.35. The molecule has 1 atom stereocenters. The van der Waals surface area contributed by atoms with Crippen molar-refractivity contribution in [3.63, 3.8) is 0 Å². The first-order valence-electron chi connectivity index (χ1n) is 6.54. The van der Waals surface area contributed by atoms with Gasteiger partial charge < -0.3 is 0 Å². The fraction of sp³-hybridized carbons (Fsp3) is 0.750. The predicted octanol–water partition coefficient (Wildman–Crippen LogP) is 4.50. The molecular formula is C16H26. The summed E-state index contributed by atoms with van der Waals surface area (Å²) in [4.78, 5) is 0. The lowest BCUT2D eigenvalue weighted by molar-refractivity contribution is 0.576. The summed E-state index contributed by atoms with van der Waals surface area (Å²) in [5.74, 6) is 14.6. The van der Waals surface area contributed by atoms with Crippen molar-refractivity contribution in [1.82, 2.24) is 0 Å². The Morgan fingerprint density at radius 3 is 1.88 bits per heavy atom. The van der Waals surface area contributed by atoms with E-state index in [9.17, 15) is 0 Å². The Hall–Kier alpha value is -0.880. The van der Waals surface area contributed by atoms with Gasteiger partial charge in [-0.05, 0) is 24.7 Å². The lowest BCUT2D eigenvalue weighted by Crippen LogP contribution is -2.03. The van der Waals surface area contributed by atoms with Gasteiger partial charge in [0.05, 0.1) is 5.92 Å². The quantitative estimate of drug-likeness (QED) is 0.609. The van der Waals surface area contributed by atoms with E-state index < -0.39 is 0 Å². The molecule has 0 amide bonds. The van der Waals surface area contributed by atoms with Gasteiger partial charge in [0.1, 0.15) is 0 Å². The van der Waals surface area contributed by atoms with Gasteiger partial charge in [-0.1, -0.05) is 46.5 Å². The maximum absolute atomic E-state index is 3.31. The van der Waals surface area contributed by atoms with Crippen molar-refractivity contribution < 1.29 is 0 Å². The van der Waals surface area contributed by atoms with Crippen molar-refractivity contribution in [2.45, 2.75) is 60.3 Å². The number of rotatable bonds is 4. The summed E-state index contributed by atoms with van der Waals surface area (Å²) in [6.45, 7) is 11.0. The Morgan fingerprint density at radius 2 is 1.44 bits per heavy atom. The van der Waals surface area contributed by atoms with Crippen LogP contribution in [0.1, 0.15) is 60.3 Å². The molecule has 0 radical (unpaired) electrons. The molecule has 0 saturated carbocycles. The molecule has 0 spiro atoms. The van der Waals surface area contributed by atoms with Gasteiger partial charge in [0, 0.05) is 12.8 Å². The third-order valence-electron chi connectivity index (χ3n) is 2.40. The van der Waals surface area contributed by atoms with Crippen LogP contribution >= 0.6 is 0 Å². The topological polar surface area (TPSA) is 0 Å². The van der Waals surface area contributed by atoms with Crippen molar-refractivity contribution in [2.24, 2.45) is 17.8 Å². The maximum Gasteiger partial charge on any atom is 0.0834 e. The third kappa shape index (κ3) is 8.43. The Balaban J connectivity index is 4.18. The molecule has 0 nitrogen and oxygen atoms in total. The average Bonchev–Trinajstić information content (AvgIpc) is 2.21. The van der Waals surface area contributed by atoms with Crippen LogP contribution in [0.3, 0.4) is 0 Å². The normalized spacial score (nSPS) is 11.7. The zero-order valence-electron chi connectivity index (χ0n) is 11.6. The largest absolute Gasteiger partial charge is 0.102 e. The summed E-state index contributed by atoms with van der Waals surface area (Å²) in [6.07, 6.45) is 4.34. The minimum absolute atomic E-state index is 0.263. The van der Waals surface area contributed by atoms with Gasteiger partial charge in [0.15, 0.2) is 0 Å². The summed E-state index contributed by atoms with van der Waals surface area (Å²) >= 11 is 0. The van der Waals surface area contributed by atoms with Gasteiger partial charge in [-0.25, -0.2) is 0 Å². The van der Waals surface area contributed by atoms with Crippen LogP contribution in [0.5, 0.6) is 0 Å². The highest BCUT2D eigenvalue weighted by molar-refractivity contribution is 5.18. The van der Waals surface area contributed by atoms with Gasteiger partial charge in [-0.2, -0.15) is 0 Å². The van der Waals surface area contributed by atoms with Crippen molar-refractivity contribution in [1.29, 1.82) is 0 Å². The predicted molar refractivity (Wildman–Crippen MR) is 72.9 cm³/mol. The standard InChI is InChI=1S/C16H26/c1-6-7-8-12-16(15(4)5)13-10-9-11-14(2)3/h14-16H,6-7,9,11H2,1-5H3. The first kappa shape index (κ1) is 15.1. The van der Waals surface area contributed by atoms with Crippen molar-refractivity contribution in [3.05, 3.63) is 0 Å². The number of unbranched alkanes of at least 4 members (excludes halogenated alkanes) is 1. The van der Waals surface area contributed by atoms with Crippen LogP contribution in [0.15, 0.2) is 0 Å². The van der Waals surface area contributed by atoms with E-state index in [0.29, 0.717) is 5.92 Å². The van der Waals surface area contributed by atoms with Crippen LogP contribution in [-0.4, -0.2) is 0 Å². The van der Waals surface area contributed by atoms with Crippen molar-refractivity contribution in [3.8, 4) is 23.7 Å². The van der Waals surface area contributed by atoms with E-state index in [1.807, 2.05) is 0 Å². The molecule has 0 rings (SSSR count). The highest BCUT2D eigenvalue weighted by atomic mass is 14.1. The molecule has 0 aromatic rings. The van der Waals surface area contributed by atoms with Crippen LogP contribution in [0.2, 0.25) is 0 Å². The molecule has 0 N–H and O–H groups in total. The molecule has 90 valence electrons. The van der Waals surface area contributed by atoms with E-state index in [1.165, 1.54) is 6.42 Å². The van der Waals surface area contributed by atoms with Gasteiger partial charge in [0.2, 0.25) is 0 Å². The summed E-state index contributed by atoms with van der Waals surface area (Å²) in [5, 5.41) is 0. The minimum atomic E-state index is 0.263. The van der Waals surface area contributed by atoms with E-state index in [-0.39, 0.29) is 5.92 Å². The minimum Gasteiger partial charge on any atom is -0.102 e. The molecule has 0 heterocycles. The molecule has 0 aliphatic heterocycles. The zero-order valence-corrected chi connectivity index (χ0v) is 11.6. The summed E-state index contributed by atoms with van der Waals surface area (Å²) < 4.78 is 0. The van der Waals surface area contributed by atoms with Crippen LogP contribution in [0.4, 0.5) is 0 Å². The maximum atomic E-state index is 3.31. The Kier molecular flexibility index (Phi) is 8.84. The summed E-state index contributed by atoms with van der Waals surface area (Å²) in [7, 11) is 0. The van der Waals surface area contributed by atoms with E-state index in [1.54, 1.807) is 0 Å². The van der Waals surface area contributed by atoms with Gasteiger partial charge in [0.25, 0.3) is 0 Å². The van der Waals surface area contributed by atoms with Crippen LogP contribution < -0.4 is 0 Å². The summed E-state index contributed by atoms with van der Waals surface area (Å²) in [5.41, 5.74) is 0. The first-order valence-corrected chi connectivity index (χ1v) is 6.54. The van der Waals surface area contributed by atoms with Gasteiger partial charge >= 0.3 is 0 Å². The monoisotopic (exact) mass is 218 g/mol. The highest BCUT2D eigenvalue weighted by Crippen LogP contribution is 2.09. The molecule has 0 saturated heterocycles. The van der Waals surface area contributed by atoms with Crippen LogP contribution in [-0.2, 0) is 0 Å². The fourth-order valence-corrected chi connectivity index (χ4v) is 1.22. The second-order valence-electron chi connectivity index (χ2n) is 5.05. The Bertz CT molecular complexity index is 275. The third-order valence-corrected chi connectivity index (χ3v) is 2.40. The molecule has 0 aromatic carbocycles. The average molecular weight is 218 g/mol. The molecule has 0 aliphatic carbocycles. The first-order chi connectivity index (χ1) is 7.57. The Morgan fingerprint density at radius 1 is 0.875 bits per heavy atom. The highest BCUT2D eigenvalue weighted by Gasteiger charge is 2.05. The van der Waals surface area contributed by atoms with Crippen molar-refractivity contribution >= 4 is 0 Å². The van der Waals surface area contributed by atoms with E-state index in [0.717, 1.165) is 25.2 Å². The van der Waals surface area contributed by atoms with Crippen LogP contribution in [0, 0.1) is 41.4 Å². The zero-order chi connectivity index (χ0) is 12.4. The molecule has 0 heteroatoms. The molecule has 16 heavy (non-hydrogen) atoms. The lowest BCUT2D eigenvalue weighted by Gasteiger charge is -2.06. The molecule has 0 aliphatic rings. The number of hydrogen-bond acceptors (Lipinski definition) is 0. The Labute approximate surface area is 102 Å².